The van der Waals surface area contributed by atoms with E-state index in [0.29, 0.717) is 0 Å². The number of hydrogen-bond acceptors (Lipinski definition) is 5. The lowest BCUT2D eigenvalue weighted by atomic mass is 9.98. The van der Waals surface area contributed by atoms with Gasteiger partial charge in [0, 0.05) is 5.92 Å². The van der Waals surface area contributed by atoms with E-state index in [4.69, 9.17) is 14.2 Å². The third-order valence-electron chi connectivity index (χ3n) is 5.32. The van der Waals surface area contributed by atoms with Gasteiger partial charge in [0.15, 0.2) is 0 Å². The SMILES string of the molecule is C[C@H](CC(=O)OCc1ccccc1)OC(=O)OCC1c2ccccc2-c2ccccc21. The molecule has 0 radical (unpaired) electrons. The molecule has 0 aliphatic heterocycles. The van der Waals surface area contributed by atoms with Crippen molar-refractivity contribution in [1.82, 2.24) is 0 Å². The van der Waals surface area contributed by atoms with Crippen LogP contribution in [0.1, 0.15) is 36.0 Å². The second-order valence-corrected chi connectivity index (χ2v) is 7.57. The summed E-state index contributed by atoms with van der Waals surface area (Å²) in [6, 6.07) is 25.7. The van der Waals surface area contributed by atoms with Crippen LogP contribution in [0.2, 0.25) is 0 Å². The van der Waals surface area contributed by atoms with E-state index >= 15 is 0 Å². The highest BCUT2D eigenvalue weighted by atomic mass is 16.7. The first kappa shape index (κ1) is 20.7. The number of carbonyl (C=O) groups excluding carboxylic acids is 2. The van der Waals surface area contributed by atoms with Crippen LogP contribution in [0.25, 0.3) is 11.1 Å². The Kier molecular flexibility index (Phi) is 6.32. The monoisotopic (exact) mass is 416 g/mol. The summed E-state index contributed by atoms with van der Waals surface area (Å²) in [5.74, 6) is -0.464. The van der Waals surface area contributed by atoms with E-state index in [0.717, 1.165) is 27.8 Å². The number of ether oxygens (including phenoxy) is 3. The van der Waals surface area contributed by atoms with E-state index in [2.05, 4.69) is 24.3 Å². The largest absolute Gasteiger partial charge is 0.508 e. The molecule has 4 rings (SSSR count). The Balaban J connectivity index is 1.27. The quantitative estimate of drug-likeness (QED) is 0.478. The third kappa shape index (κ3) is 4.94. The van der Waals surface area contributed by atoms with E-state index in [9.17, 15) is 9.59 Å². The molecule has 0 bridgehead atoms. The van der Waals surface area contributed by atoms with Crippen molar-refractivity contribution in [3.8, 4) is 11.1 Å². The fourth-order valence-corrected chi connectivity index (χ4v) is 3.86. The average Bonchev–Trinajstić information content (AvgIpc) is 3.11. The fourth-order valence-electron chi connectivity index (χ4n) is 3.86. The minimum absolute atomic E-state index is 0.0307. The highest BCUT2D eigenvalue weighted by molar-refractivity contribution is 5.79. The zero-order valence-electron chi connectivity index (χ0n) is 17.3. The minimum atomic E-state index is -0.787. The van der Waals surface area contributed by atoms with Crippen LogP contribution in [-0.4, -0.2) is 24.8 Å². The summed E-state index contributed by atoms with van der Waals surface area (Å²) < 4.78 is 15.9. The molecule has 0 unspecified atom stereocenters. The van der Waals surface area contributed by atoms with Crippen molar-refractivity contribution < 1.29 is 23.8 Å². The third-order valence-corrected chi connectivity index (χ3v) is 5.32. The molecule has 0 heterocycles. The minimum Gasteiger partial charge on any atom is -0.461 e. The van der Waals surface area contributed by atoms with Crippen LogP contribution in [0.4, 0.5) is 4.79 Å². The number of carbonyl (C=O) groups is 2. The average molecular weight is 416 g/mol. The number of fused-ring (bicyclic) bond motifs is 3. The number of hydrogen-bond donors (Lipinski definition) is 0. The summed E-state index contributed by atoms with van der Waals surface area (Å²) in [7, 11) is 0. The summed E-state index contributed by atoms with van der Waals surface area (Å²) >= 11 is 0. The highest BCUT2D eigenvalue weighted by Crippen LogP contribution is 2.44. The molecule has 3 aromatic rings. The van der Waals surface area contributed by atoms with Crippen LogP contribution >= 0.6 is 0 Å². The van der Waals surface area contributed by atoms with Gasteiger partial charge in [-0.2, -0.15) is 0 Å². The maximum absolute atomic E-state index is 12.2. The van der Waals surface area contributed by atoms with Gasteiger partial charge in [0.2, 0.25) is 0 Å². The Morgan fingerprint density at radius 3 is 2.03 bits per heavy atom. The van der Waals surface area contributed by atoms with Crippen LogP contribution in [0, 0.1) is 0 Å². The van der Waals surface area contributed by atoms with Crippen molar-refractivity contribution in [2.24, 2.45) is 0 Å². The maximum atomic E-state index is 12.2. The second kappa shape index (κ2) is 9.47. The normalized spacial score (nSPS) is 13.1. The van der Waals surface area contributed by atoms with Crippen LogP contribution in [0.5, 0.6) is 0 Å². The van der Waals surface area contributed by atoms with Crippen molar-refractivity contribution in [3.63, 3.8) is 0 Å². The first-order chi connectivity index (χ1) is 15.1. The molecule has 0 saturated carbocycles. The Morgan fingerprint density at radius 2 is 1.39 bits per heavy atom. The fraction of sp³-hybridized carbons (Fsp3) is 0.231. The summed E-state index contributed by atoms with van der Waals surface area (Å²) in [6.07, 6.45) is -1.46. The molecule has 0 N–H and O–H groups in total. The lowest BCUT2D eigenvalue weighted by molar-refractivity contribution is -0.147. The van der Waals surface area contributed by atoms with Crippen molar-refractivity contribution >= 4 is 12.1 Å². The molecule has 5 nitrogen and oxygen atoms in total. The first-order valence-electron chi connectivity index (χ1n) is 10.3. The Labute approximate surface area is 181 Å². The molecule has 0 amide bonds. The highest BCUT2D eigenvalue weighted by Gasteiger charge is 2.29. The molecule has 0 fully saturated rings. The molecular weight excluding hydrogens is 392 g/mol. The molecule has 5 heteroatoms. The Morgan fingerprint density at radius 1 is 0.806 bits per heavy atom. The summed E-state index contributed by atoms with van der Waals surface area (Å²) in [6.45, 7) is 2.01. The standard InChI is InChI=1S/C26H24O5/c1-18(15-25(27)29-16-19-9-3-2-4-10-19)31-26(28)30-17-24-22-13-7-5-11-20(22)21-12-6-8-14-23(21)24/h2-14,18,24H,15-17H2,1H3/t18-/m1/s1. The van der Waals surface area contributed by atoms with Gasteiger partial charge in [0.25, 0.3) is 0 Å². The van der Waals surface area contributed by atoms with Gasteiger partial charge in [0.05, 0.1) is 6.42 Å². The van der Waals surface area contributed by atoms with Gasteiger partial charge in [-0.1, -0.05) is 78.9 Å². The summed E-state index contributed by atoms with van der Waals surface area (Å²) in [4.78, 5) is 24.2. The van der Waals surface area contributed by atoms with Gasteiger partial charge in [-0.15, -0.1) is 0 Å². The zero-order valence-corrected chi connectivity index (χ0v) is 17.3. The van der Waals surface area contributed by atoms with Gasteiger partial charge < -0.3 is 14.2 Å². The van der Waals surface area contributed by atoms with Crippen LogP contribution in [-0.2, 0) is 25.6 Å². The van der Waals surface area contributed by atoms with Gasteiger partial charge in [-0.05, 0) is 34.7 Å². The van der Waals surface area contributed by atoms with E-state index in [1.165, 1.54) is 0 Å². The molecular formula is C26H24O5. The van der Waals surface area contributed by atoms with E-state index in [1.807, 2.05) is 54.6 Å². The lowest BCUT2D eigenvalue weighted by Crippen LogP contribution is -2.22. The number of rotatable bonds is 7. The van der Waals surface area contributed by atoms with E-state index in [1.54, 1.807) is 6.92 Å². The number of esters is 1. The van der Waals surface area contributed by atoms with Gasteiger partial charge in [-0.3, -0.25) is 4.79 Å². The van der Waals surface area contributed by atoms with Gasteiger partial charge >= 0.3 is 12.1 Å². The first-order valence-corrected chi connectivity index (χ1v) is 10.3. The molecule has 0 saturated heterocycles. The van der Waals surface area contributed by atoms with Gasteiger partial charge in [-0.25, -0.2) is 4.79 Å². The number of benzene rings is 3. The summed E-state index contributed by atoms with van der Waals surface area (Å²) in [5.41, 5.74) is 5.49. The summed E-state index contributed by atoms with van der Waals surface area (Å²) in [5, 5.41) is 0. The topological polar surface area (TPSA) is 61.8 Å². The van der Waals surface area contributed by atoms with Gasteiger partial charge in [0.1, 0.15) is 19.3 Å². The molecule has 1 aliphatic carbocycles. The van der Waals surface area contributed by atoms with Crippen molar-refractivity contribution in [2.45, 2.75) is 32.0 Å². The predicted octanol–water partition coefficient (Wildman–Crippen LogP) is 5.47. The lowest BCUT2D eigenvalue weighted by Gasteiger charge is -2.16. The Hall–Kier alpha value is -3.60. The van der Waals surface area contributed by atoms with Crippen LogP contribution in [0.3, 0.4) is 0 Å². The molecule has 1 aliphatic rings. The van der Waals surface area contributed by atoms with Crippen molar-refractivity contribution in [3.05, 3.63) is 95.6 Å². The molecule has 0 aromatic heterocycles. The zero-order chi connectivity index (χ0) is 21.6. The van der Waals surface area contributed by atoms with Crippen LogP contribution in [0.15, 0.2) is 78.9 Å². The van der Waals surface area contributed by atoms with Crippen LogP contribution < -0.4 is 0 Å². The molecule has 31 heavy (non-hydrogen) atoms. The van der Waals surface area contributed by atoms with E-state index < -0.39 is 18.2 Å². The molecule has 3 aromatic carbocycles. The molecule has 1 atom stereocenters. The second-order valence-electron chi connectivity index (χ2n) is 7.57. The Bertz CT molecular complexity index is 1010. The predicted molar refractivity (Wildman–Crippen MR) is 116 cm³/mol. The molecule has 0 spiro atoms. The van der Waals surface area contributed by atoms with Crippen molar-refractivity contribution in [1.29, 1.82) is 0 Å². The molecule has 158 valence electrons. The van der Waals surface area contributed by atoms with Crippen molar-refractivity contribution in [2.75, 3.05) is 6.61 Å². The van der Waals surface area contributed by atoms with E-state index in [-0.39, 0.29) is 25.6 Å². The smallest absolute Gasteiger partial charge is 0.461 e. The maximum Gasteiger partial charge on any atom is 0.508 e.